The number of H-pyrrole nitrogens is 1. The minimum Gasteiger partial charge on any atom is -0.296 e. The number of rotatable bonds is 1. The largest absolute Gasteiger partial charge is 0.296 e. The molecule has 1 aromatic heterocycles. The standard InChI is InChI=1S/C13H15N3O2/c1-7-2-3-8-10(6-7)15-16-12(8)9-4-5-11(17)14-13(9)18/h2-3,7,9H,4-6H2,1H3,(H,15,16)(H,14,17,18). The highest BCUT2D eigenvalue weighted by molar-refractivity contribution is 6.01. The third kappa shape index (κ3) is 1.75. The molecule has 0 aromatic carbocycles. The molecule has 2 aliphatic rings. The summed E-state index contributed by atoms with van der Waals surface area (Å²) >= 11 is 0. The molecule has 94 valence electrons. The maximum Gasteiger partial charge on any atom is 0.235 e. The van der Waals surface area contributed by atoms with Gasteiger partial charge in [0.15, 0.2) is 0 Å². The fourth-order valence-electron chi connectivity index (χ4n) is 2.61. The van der Waals surface area contributed by atoms with Crippen molar-refractivity contribution in [2.75, 3.05) is 0 Å². The van der Waals surface area contributed by atoms with Crippen LogP contribution in [0.3, 0.4) is 0 Å². The molecule has 3 rings (SSSR count). The maximum absolute atomic E-state index is 11.8. The van der Waals surface area contributed by atoms with Gasteiger partial charge in [0, 0.05) is 17.7 Å². The monoisotopic (exact) mass is 245 g/mol. The molecule has 1 aromatic rings. The number of nitrogens with zero attached hydrogens (tertiary/aromatic N) is 1. The number of nitrogens with one attached hydrogen (secondary N) is 2. The van der Waals surface area contributed by atoms with Gasteiger partial charge in [0.25, 0.3) is 0 Å². The van der Waals surface area contributed by atoms with Crippen LogP contribution in [0.5, 0.6) is 0 Å². The molecular formula is C13H15N3O2. The number of hydrogen-bond donors (Lipinski definition) is 2. The summed E-state index contributed by atoms with van der Waals surface area (Å²) in [6.45, 7) is 2.14. The van der Waals surface area contributed by atoms with Gasteiger partial charge in [-0.15, -0.1) is 0 Å². The SMILES string of the molecule is CC1C=Cc2c(C3CCC(=O)NC3=O)n[nH]c2C1. The summed E-state index contributed by atoms with van der Waals surface area (Å²) in [5.74, 6) is -0.231. The Morgan fingerprint density at radius 3 is 3.00 bits per heavy atom. The number of fused-ring (bicyclic) bond motifs is 1. The molecule has 0 saturated carbocycles. The second kappa shape index (κ2) is 4.08. The Morgan fingerprint density at radius 2 is 2.22 bits per heavy atom. The van der Waals surface area contributed by atoms with Crippen LogP contribution in [0.15, 0.2) is 6.08 Å². The molecular weight excluding hydrogens is 230 g/mol. The van der Waals surface area contributed by atoms with Gasteiger partial charge in [0.1, 0.15) is 0 Å². The lowest BCUT2D eigenvalue weighted by Gasteiger charge is -2.20. The third-order valence-corrected chi connectivity index (χ3v) is 3.60. The number of aromatic amines is 1. The third-order valence-electron chi connectivity index (χ3n) is 3.60. The summed E-state index contributed by atoms with van der Waals surface area (Å²) in [5.41, 5.74) is 2.89. The van der Waals surface area contributed by atoms with Crippen LogP contribution in [-0.2, 0) is 16.0 Å². The Hall–Kier alpha value is -1.91. The van der Waals surface area contributed by atoms with Crippen LogP contribution in [0.25, 0.3) is 6.08 Å². The van der Waals surface area contributed by atoms with E-state index in [2.05, 4.69) is 28.5 Å². The van der Waals surface area contributed by atoms with Crippen molar-refractivity contribution < 1.29 is 9.59 Å². The normalized spacial score (nSPS) is 26.9. The van der Waals surface area contributed by atoms with E-state index in [1.165, 1.54) is 0 Å². The number of imide groups is 1. The number of piperidine rings is 1. The zero-order chi connectivity index (χ0) is 12.7. The second-order valence-electron chi connectivity index (χ2n) is 5.05. The molecule has 1 saturated heterocycles. The van der Waals surface area contributed by atoms with E-state index in [0.29, 0.717) is 18.8 Å². The highest BCUT2D eigenvalue weighted by Gasteiger charge is 2.32. The minimum absolute atomic E-state index is 0.190. The molecule has 5 heteroatoms. The Morgan fingerprint density at radius 1 is 1.39 bits per heavy atom. The fraction of sp³-hybridized carbons (Fsp3) is 0.462. The van der Waals surface area contributed by atoms with E-state index in [9.17, 15) is 9.59 Å². The van der Waals surface area contributed by atoms with E-state index in [0.717, 1.165) is 23.4 Å². The zero-order valence-electron chi connectivity index (χ0n) is 10.2. The molecule has 0 bridgehead atoms. The summed E-state index contributed by atoms with van der Waals surface area (Å²) in [6.07, 6.45) is 6.02. The van der Waals surface area contributed by atoms with Crippen molar-refractivity contribution >= 4 is 17.9 Å². The fourth-order valence-corrected chi connectivity index (χ4v) is 2.61. The van der Waals surface area contributed by atoms with Gasteiger partial charge in [0.2, 0.25) is 11.8 Å². The van der Waals surface area contributed by atoms with Crippen LogP contribution in [0.2, 0.25) is 0 Å². The van der Waals surface area contributed by atoms with Crippen LogP contribution in [0, 0.1) is 5.92 Å². The molecule has 2 heterocycles. The molecule has 2 N–H and O–H groups in total. The summed E-state index contributed by atoms with van der Waals surface area (Å²) < 4.78 is 0. The van der Waals surface area contributed by atoms with E-state index in [-0.39, 0.29) is 17.7 Å². The van der Waals surface area contributed by atoms with Crippen molar-refractivity contribution in [2.24, 2.45) is 5.92 Å². The first-order chi connectivity index (χ1) is 8.65. The first kappa shape index (κ1) is 11.2. The average molecular weight is 245 g/mol. The minimum atomic E-state index is -0.305. The van der Waals surface area contributed by atoms with Crippen molar-refractivity contribution in [1.29, 1.82) is 0 Å². The molecule has 18 heavy (non-hydrogen) atoms. The first-order valence-corrected chi connectivity index (χ1v) is 6.24. The maximum atomic E-state index is 11.8. The van der Waals surface area contributed by atoms with Crippen molar-refractivity contribution in [1.82, 2.24) is 15.5 Å². The van der Waals surface area contributed by atoms with Gasteiger partial charge in [-0.1, -0.05) is 19.1 Å². The lowest BCUT2D eigenvalue weighted by atomic mass is 9.88. The highest BCUT2D eigenvalue weighted by Crippen LogP contribution is 2.31. The van der Waals surface area contributed by atoms with Gasteiger partial charge in [-0.2, -0.15) is 5.10 Å². The number of aromatic nitrogens is 2. The van der Waals surface area contributed by atoms with Gasteiger partial charge in [-0.25, -0.2) is 0 Å². The number of allylic oxidation sites excluding steroid dienone is 1. The predicted molar refractivity (Wildman–Crippen MR) is 65.6 cm³/mol. The summed E-state index contributed by atoms with van der Waals surface area (Å²) in [5, 5.41) is 9.68. The Labute approximate surface area is 105 Å². The van der Waals surface area contributed by atoms with Gasteiger partial charge in [0.05, 0.1) is 11.6 Å². The lowest BCUT2D eigenvalue weighted by molar-refractivity contribution is -0.134. The molecule has 1 aliphatic heterocycles. The van der Waals surface area contributed by atoms with Crippen LogP contribution >= 0.6 is 0 Å². The Balaban J connectivity index is 1.93. The lowest BCUT2D eigenvalue weighted by Crippen LogP contribution is -2.39. The van der Waals surface area contributed by atoms with Crippen LogP contribution in [-0.4, -0.2) is 22.0 Å². The van der Waals surface area contributed by atoms with E-state index >= 15 is 0 Å². The van der Waals surface area contributed by atoms with E-state index in [4.69, 9.17) is 0 Å². The average Bonchev–Trinajstić information content (AvgIpc) is 2.72. The van der Waals surface area contributed by atoms with Gasteiger partial charge < -0.3 is 0 Å². The van der Waals surface area contributed by atoms with E-state index in [1.54, 1.807) is 0 Å². The first-order valence-electron chi connectivity index (χ1n) is 6.24. The number of hydrogen-bond acceptors (Lipinski definition) is 3. The van der Waals surface area contributed by atoms with Gasteiger partial charge >= 0.3 is 0 Å². The quantitative estimate of drug-likeness (QED) is 0.728. The number of carbonyl (C=O) groups excluding carboxylic acids is 2. The molecule has 2 unspecified atom stereocenters. The van der Waals surface area contributed by atoms with Crippen LogP contribution < -0.4 is 5.32 Å². The summed E-state index contributed by atoms with van der Waals surface area (Å²) in [7, 11) is 0. The second-order valence-corrected chi connectivity index (χ2v) is 5.05. The van der Waals surface area contributed by atoms with E-state index in [1.807, 2.05) is 6.08 Å². The summed E-state index contributed by atoms with van der Waals surface area (Å²) in [6, 6.07) is 0. The predicted octanol–water partition coefficient (Wildman–Crippen LogP) is 1.14. The van der Waals surface area contributed by atoms with Crippen LogP contribution in [0.1, 0.15) is 42.6 Å². The highest BCUT2D eigenvalue weighted by atomic mass is 16.2. The molecule has 5 nitrogen and oxygen atoms in total. The van der Waals surface area contributed by atoms with Crippen molar-refractivity contribution in [3.05, 3.63) is 23.0 Å². The topological polar surface area (TPSA) is 74.8 Å². The van der Waals surface area contributed by atoms with Crippen molar-refractivity contribution in [3.8, 4) is 0 Å². The number of carbonyl (C=O) groups is 2. The molecule has 0 radical (unpaired) electrons. The van der Waals surface area contributed by atoms with E-state index < -0.39 is 0 Å². The smallest absolute Gasteiger partial charge is 0.235 e. The molecule has 1 fully saturated rings. The van der Waals surface area contributed by atoms with Crippen molar-refractivity contribution in [3.63, 3.8) is 0 Å². The Kier molecular flexibility index (Phi) is 2.54. The molecule has 2 amide bonds. The Bertz CT molecular complexity index is 544. The molecule has 2 atom stereocenters. The molecule has 1 aliphatic carbocycles. The number of amides is 2. The summed E-state index contributed by atoms with van der Waals surface area (Å²) in [4.78, 5) is 23.0. The van der Waals surface area contributed by atoms with Crippen LogP contribution in [0.4, 0.5) is 0 Å². The van der Waals surface area contributed by atoms with Gasteiger partial charge in [-0.05, 0) is 18.8 Å². The zero-order valence-corrected chi connectivity index (χ0v) is 10.2. The molecule has 0 spiro atoms. The van der Waals surface area contributed by atoms with Gasteiger partial charge in [-0.3, -0.25) is 20.0 Å². The van der Waals surface area contributed by atoms with Crippen molar-refractivity contribution in [2.45, 2.75) is 32.1 Å².